The third-order valence-corrected chi connectivity index (χ3v) is 8.39. The Morgan fingerprint density at radius 3 is 2.58 bits per heavy atom. The van der Waals surface area contributed by atoms with E-state index in [9.17, 15) is 4.21 Å². The highest BCUT2D eigenvalue weighted by molar-refractivity contribution is 7.67. The summed E-state index contributed by atoms with van der Waals surface area (Å²) in [5, 5.41) is 10.4. The number of ether oxygens (including phenoxy) is 1. The molecule has 0 atom stereocenters. The largest absolute Gasteiger partial charge is 0.494 e. The van der Waals surface area contributed by atoms with E-state index in [1.54, 1.807) is 24.7 Å². The minimum absolute atomic E-state index is 0.118. The first-order valence-electron chi connectivity index (χ1n) is 12.9. The van der Waals surface area contributed by atoms with Gasteiger partial charge in [0.1, 0.15) is 22.6 Å². The fourth-order valence-corrected chi connectivity index (χ4v) is 5.75. The monoisotopic (exact) mass is 555 g/mol. The predicted molar refractivity (Wildman–Crippen MR) is 157 cm³/mol. The van der Waals surface area contributed by atoms with Crippen LogP contribution >= 0.6 is 11.6 Å². The van der Waals surface area contributed by atoms with Crippen molar-refractivity contribution in [1.82, 2.24) is 15.3 Å². The molecular formula is C27H34ClN7O2S. The van der Waals surface area contributed by atoms with Gasteiger partial charge in [-0.25, -0.2) is 9.19 Å². The summed E-state index contributed by atoms with van der Waals surface area (Å²) in [6.07, 6.45) is 6.58. The zero-order chi connectivity index (χ0) is 26.5. The lowest BCUT2D eigenvalue weighted by atomic mass is 9.71. The maximum Gasteiger partial charge on any atom is 0.229 e. The summed E-state index contributed by atoms with van der Waals surface area (Å²) in [4.78, 5) is 11.4. The number of rotatable bonds is 8. The number of aromatic nitrogens is 2. The third kappa shape index (κ3) is 5.82. The first kappa shape index (κ1) is 26.5. The Labute approximate surface area is 232 Å². The normalized spacial score (nSPS) is 16.8. The van der Waals surface area contributed by atoms with E-state index in [-0.39, 0.29) is 11.9 Å². The first-order valence-corrected chi connectivity index (χ1v) is 14.0. The van der Waals surface area contributed by atoms with E-state index in [0.717, 1.165) is 54.7 Å². The maximum absolute atomic E-state index is 11.4. The zero-order valence-corrected chi connectivity index (χ0v) is 23.4. The lowest BCUT2D eigenvalue weighted by molar-refractivity contribution is 0.155. The molecule has 0 aliphatic carbocycles. The van der Waals surface area contributed by atoms with Gasteiger partial charge in [-0.3, -0.25) is 4.31 Å². The number of nitrogens with one attached hydrogen (secondary N) is 3. The quantitative estimate of drug-likeness (QED) is 0.292. The van der Waals surface area contributed by atoms with E-state index in [1.807, 2.05) is 30.3 Å². The molecule has 3 heterocycles. The molecule has 3 N–H and O–H groups in total. The summed E-state index contributed by atoms with van der Waals surface area (Å²) in [7, 11) is 3.40. The maximum atomic E-state index is 11.4. The first-order chi connectivity index (χ1) is 18.5. The molecular weight excluding hydrogens is 522 g/mol. The van der Waals surface area contributed by atoms with Gasteiger partial charge < -0.3 is 25.6 Å². The summed E-state index contributed by atoms with van der Waals surface area (Å²) in [5.41, 5.74) is 3.90. The van der Waals surface area contributed by atoms with E-state index < -0.39 is 0 Å². The van der Waals surface area contributed by atoms with E-state index in [2.05, 4.69) is 43.0 Å². The van der Waals surface area contributed by atoms with Gasteiger partial charge in [-0.15, -0.1) is 0 Å². The topological polar surface area (TPSA) is 94.6 Å². The number of thiol groups is 1. The van der Waals surface area contributed by atoms with Gasteiger partial charge in [0.25, 0.3) is 0 Å². The lowest BCUT2D eigenvalue weighted by Gasteiger charge is -2.45. The van der Waals surface area contributed by atoms with Gasteiger partial charge in [-0.1, -0.05) is 23.7 Å². The number of piperidine rings is 2. The van der Waals surface area contributed by atoms with Crippen LogP contribution in [-0.4, -0.2) is 54.5 Å². The molecule has 0 unspecified atom stereocenters. The van der Waals surface area contributed by atoms with Crippen molar-refractivity contribution in [3.05, 3.63) is 53.7 Å². The SMILES string of the molecule is COc1cc(N2CCC3(CCNCC3)CC2)ccc1Nc1ncc(Cl)c(Nc2ccccc2N(C)[SH]=O)n1. The minimum atomic E-state index is -0.118. The third-order valence-electron chi connectivity index (χ3n) is 7.66. The van der Waals surface area contributed by atoms with Gasteiger partial charge in [0.15, 0.2) is 5.82 Å². The van der Waals surface area contributed by atoms with Crippen LogP contribution in [0, 0.1) is 5.41 Å². The smallest absolute Gasteiger partial charge is 0.229 e. The average molecular weight is 556 g/mol. The molecule has 9 nitrogen and oxygen atoms in total. The van der Waals surface area contributed by atoms with E-state index in [1.165, 1.54) is 25.7 Å². The highest BCUT2D eigenvalue weighted by atomic mass is 35.5. The van der Waals surface area contributed by atoms with Gasteiger partial charge in [-0.05, 0) is 68.5 Å². The van der Waals surface area contributed by atoms with E-state index in [0.29, 0.717) is 22.2 Å². The fraction of sp³-hybridized carbons (Fsp3) is 0.407. The number of para-hydroxylation sites is 2. The molecule has 2 aliphatic heterocycles. The number of anilines is 6. The van der Waals surface area contributed by atoms with Crippen LogP contribution in [0.2, 0.25) is 5.02 Å². The van der Waals surface area contributed by atoms with Crippen molar-refractivity contribution in [3.63, 3.8) is 0 Å². The predicted octanol–water partition coefficient (Wildman–Crippen LogP) is 4.89. The Balaban J connectivity index is 1.31. The van der Waals surface area contributed by atoms with Gasteiger partial charge >= 0.3 is 0 Å². The average Bonchev–Trinajstić information content (AvgIpc) is 2.96. The Bertz CT molecular complexity index is 1280. The molecule has 0 saturated carbocycles. The second-order valence-electron chi connectivity index (χ2n) is 9.88. The van der Waals surface area contributed by atoms with E-state index in [4.69, 9.17) is 16.3 Å². The van der Waals surface area contributed by atoms with E-state index >= 15 is 0 Å². The van der Waals surface area contributed by atoms with Crippen LogP contribution in [0.4, 0.5) is 34.5 Å². The molecule has 1 spiro atoms. The number of hydrogen-bond donors (Lipinski definition) is 4. The minimum Gasteiger partial charge on any atom is -0.494 e. The molecule has 2 aromatic carbocycles. The lowest BCUT2D eigenvalue weighted by Crippen LogP contribution is -2.45. The van der Waals surface area contributed by atoms with Crippen molar-refractivity contribution in [2.45, 2.75) is 25.7 Å². The summed E-state index contributed by atoms with van der Waals surface area (Å²) < 4.78 is 18.7. The Kier molecular flexibility index (Phi) is 8.21. The highest BCUT2D eigenvalue weighted by Gasteiger charge is 2.35. The Morgan fingerprint density at radius 1 is 1.08 bits per heavy atom. The van der Waals surface area contributed by atoms with Crippen molar-refractivity contribution >= 4 is 58.0 Å². The fourth-order valence-electron chi connectivity index (χ4n) is 5.34. The molecule has 0 radical (unpaired) electrons. The number of benzene rings is 2. The van der Waals surface area contributed by atoms with Crippen molar-refractivity contribution in [1.29, 1.82) is 0 Å². The Morgan fingerprint density at radius 2 is 1.84 bits per heavy atom. The molecule has 2 fully saturated rings. The second kappa shape index (κ2) is 11.8. The van der Waals surface area contributed by atoms with Gasteiger partial charge in [-0.2, -0.15) is 4.98 Å². The van der Waals surface area contributed by atoms with Crippen LogP contribution < -0.4 is 29.9 Å². The van der Waals surface area contributed by atoms with Crippen molar-refractivity contribution in [3.8, 4) is 5.75 Å². The number of halogens is 1. The highest BCUT2D eigenvalue weighted by Crippen LogP contribution is 2.41. The number of hydrogen-bond acceptors (Lipinski definition) is 8. The molecule has 11 heteroatoms. The Hall–Kier alpha value is -3.08. The van der Waals surface area contributed by atoms with Crippen LogP contribution in [-0.2, 0) is 11.9 Å². The molecule has 2 saturated heterocycles. The molecule has 202 valence electrons. The van der Waals surface area contributed by atoms with Crippen LogP contribution in [0.1, 0.15) is 25.7 Å². The standard InChI is InChI=1S/C27H34ClN7O2S/c1-34(38-36)23-6-4-3-5-21(23)31-25-20(28)18-30-26(33-25)32-22-8-7-19(17-24(22)37-2)35-15-11-27(12-16-35)9-13-29-14-10-27/h3-8,17-18,29,38H,9-16H2,1-2H3,(H2,30,31,32,33). The zero-order valence-electron chi connectivity index (χ0n) is 21.7. The number of methoxy groups -OCH3 is 1. The van der Waals surface area contributed by atoms with Crippen molar-refractivity contribution < 1.29 is 8.95 Å². The van der Waals surface area contributed by atoms with Crippen LogP contribution in [0.3, 0.4) is 0 Å². The molecule has 0 amide bonds. The van der Waals surface area contributed by atoms with Crippen molar-refractivity contribution in [2.75, 3.05) is 60.2 Å². The van der Waals surface area contributed by atoms with Crippen LogP contribution in [0.25, 0.3) is 0 Å². The summed E-state index contributed by atoms with van der Waals surface area (Å²) in [6, 6.07) is 13.7. The summed E-state index contributed by atoms with van der Waals surface area (Å²) in [5.74, 6) is 1.53. The molecule has 5 rings (SSSR count). The summed E-state index contributed by atoms with van der Waals surface area (Å²) >= 11 is 6.29. The molecule has 2 aliphatic rings. The molecule has 38 heavy (non-hydrogen) atoms. The second-order valence-corrected chi connectivity index (χ2v) is 11.1. The van der Waals surface area contributed by atoms with Crippen LogP contribution in [0.15, 0.2) is 48.7 Å². The molecule has 3 aromatic rings. The number of nitrogens with zero attached hydrogens (tertiary/aromatic N) is 4. The molecule has 0 bridgehead atoms. The van der Waals surface area contributed by atoms with Gasteiger partial charge in [0.05, 0.1) is 30.4 Å². The van der Waals surface area contributed by atoms with Gasteiger partial charge in [0, 0.05) is 31.9 Å². The van der Waals surface area contributed by atoms with Gasteiger partial charge in [0.2, 0.25) is 5.95 Å². The van der Waals surface area contributed by atoms with Crippen molar-refractivity contribution in [2.24, 2.45) is 5.41 Å². The van der Waals surface area contributed by atoms with Crippen LogP contribution in [0.5, 0.6) is 5.75 Å². The summed E-state index contributed by atoms with van der Waals surface area (Å²) in [6.45, 7) is 4.41. The molecule has 1 aromatic heterocycles.